The molecule has 14 heavy (non-hydrogen) atoms. The molecule has 0 saturated carbocycles. The first-order chi connectivity index (χ1) is 6.58. The summed E-state index contributed by atoms with van der Waals surface area (Å²) in [6.07, 6.45) is 3.58. The number of halogens is 1. The van der Waals surface area contributed by atoms with E-state index in [9.17, 15) is 4.79 Å². The minimum absolute atomic E-state index is 0.0122. The Hall–Kier alpha value is -0.590. The first kappa shape index (κ1) is 11.5. The average molecular weight is 307 g/mol. The number of amides is 1. The fourth-order valence-electron chi connectivity index (χ4n) is 0.946. The maximum Gasteiger partial charge on any atom is 0.241 e. The molecule has 0 unspecified atom stereocenters. The number of nitrogens with zero attached hydrogens (tertiary/aromatic N) is 2. The van der Waals surface area contributed by atoms with Crippen LogP contribution in [0.15, 0.2) is 12.4 Å². The van der Waals surface area contributed by atoms with Crippen LogP contribution < -0.4 is 5.32 Å². The summed E-state index contributed by atoms with van der Waals surface area (Å²) in [7, 11) is 0. The van der Waals surface area contributed by atoms with Crippen LogP contribution in [-0.4, -0.2) is 22.2 Å². The van der Waals surface area contributed by atoms with Gasteiger partial charge in [0.25, 0.3) is 0 Å². The van der Waals surface area contributed by atoms with E-state index in [0.29, 0.717) is 12.5 Å². The summed E-state index contributed by atoms with van der Waals surface area (Å²) in [5.41, 5.74) is 0. The Morgan fingerprint density at radius 1 is 1.71 bits per heavy atom. The highest BCUT2D eigenvalue weighted by Gasteiger charge is 2.03. The lowest BCUT2D eigenvalue weighted by Gasteiger charge is -2.07. The summed E-state index contributed by atoms with van der Waals surface area (Å²) in [6.45, 7) is 5.15. The second kappa shape index (κ2) is 5.33. The molecule has 0 bridgehead atoms. The van der Waals surface area contributed by atoms with Crippen LogP contribution in [0.4, 0.5) is 0 Å². The minimum atomic E-state index is 0.0122. The molecular weight excluding hydrogens is 293 g/mol. The normalized spacial score (nSPS) is 10.6. The molecule has 78 valence electrons. The lowest BCUT2D eigenvalue weighted by molar-refractivity contribution is -0.122. The zero-order valence-corrected chi connectivity index (χ0v) is 10.5. The fraction of sp³-hybridized carbons (Fsp3) is 0.556. The molecule has 1 aromatic heterocycles. The topological polar surface area (TPSA) is 46.9 Å². The molecule has 0 aromatic carbocycles. The van der Waals surface area contributed by atoms with E-state index in [0.717, 1.165) is 10.1 Å². The third kappa shape index (κ3) is 4.08. The Kier molecular flexibility index (Phi) is 4.37. The smallest absolute Gasteiger partial charge is 0.241 e. The van der Waals surface area contributed by atoms with Crippen molar-refractivity contribution in [1.82, 2.24) is 15.1 Å². The zero-order chi connectivity index (χ0) is 10.6. The predicted molar refractivity (Wildman–Crippen MR) is 62.8 cm³/mol. The van der Waals surface area contributed by atoms with Crippen molar-refractivity contribution in [2.24, 2.45) is 5.92 Å². The van der Waals surface area contributed by atoms with Crippen molar-refractivity contribution in [2.45, 2.75) is 20.4 Å². The summed E-state index contributed by atoms with van der Waals surface area (Å²) in [5, 5.41) is 6.87. The summed E-state index contributed by atoms with van der Waals surface area (Å²) in [5.74, 6) is 0.495. The molecule has 0 aliphatic carbocycles. The molecule has 0 atom stereocenters. The minimum Gasteiger partial charge on any atom is -0.354 e. The van der Waals surface area contributed by atoms with Crippen LogP contribution in [0.5, 0.6) is 0 Å². The highest BCUT2D eigenvalue weighted by molar-refractivity contribution is 14.1. The Labute approximate surface area is 97.2 Å². The lowest BCUT2D eigenvalue weighted by atomic mass is 10.2. The summed E-state index contributed by atoms with van der Waals surface area (Å²) in [6, 6.07) is 0. The van der Waals surface area contributed by atoms with Gasteiger partial charge in [0.1, 0.15) is 6.54 Å². The molecule has 1 N–H and O–H groups in total. The standard InChI is InChI=1S/C9H14IN3O/c1-7(2)3-11-9(14)6-13-5-8(10)4-12-13/h4-5,7H,3,6H2,1-2H3,(H,11,14). The SMILES string of the molecule is CC(C)CNC(=O)Cn1cc(I)cn1. The quantitative estimate of drug-likeness (QED) is 0.851. The van der Waals surface area contributed by atoms with Gasteiger partial charge in [0.2, 0.25) is 5.91 Å². The molecule has 0 saturated heterocycles. The van der Waals surface area contributed by atoms with Gasteiger partial charge in [0, 0.05) is 12.7 Å². The molecule has 0 fully saturated rings. The lowest BCUT2D eigenvalue weighted by Crippen LogP contribution is -2.30. The Morgan fingerprint density at radius 3 is 2.93 bits per heavy atom. The van der Waals surface area contributed by atoms with E-state index in [4.69, 9.17) is 0 Å². The molecule has 5 heteroatoms. The van der Waals surface area contributed by atoms with E-state index in [2.05, 4.69) is 46.9 Å². The van der Waals surface area contributed by atoms with Gasteiger partial charge in [-0.2, -0.15) is 5.10 Å². The van der Waals surface area contributed by atoms with E-state index in [1.807, 2.05) is 6.20 Å². The van der Waals surface area contributed by atoms with Crippen molar-refractivity contribution in [1.29, 1.82) is 0 Å². The van der Waals surface area contributed by atoms with Crippen molar-refractivity contribution in [3.05, 3.63) is 16.0 Å². The second-order valence-electron chi connectivity index (χ2n) is 3.55. The van der Waals surface area contributed by atoms with Crippen molar-refractivity contribution < 1.29 is 4.79 Å². The van der Waals surface area contributed by atoms with Gasteiger partial charge >= 0.3 is 0 Å². The third-order valence-electron chi connectivity index (χ3n) is 1.61. The highest BCUT2D eigenvalue weighted by Crippen LogP contribution is 2.00. The van der Waals surface area contributed by atoms with E-state index in [1.165, 1.54) is 0 Å². The number of nitrogens with one attached hydrogen (secondary N) is 1. The molecular formula is C9H14IN3O. The molecule has 1 rings (SSSR count). The number of hydrogen-bond donors (Lipinski definition) is 1. The summed E-state index contributed by atoms with van der Waals surface area (Å²) >= 11 is 2.16. The maximum atomic E-state index is 11.4. The monoisotopic (exact) mass is 307 g/mol. The van der Waals surface area contributed by atoms with E-state index in [-0.39, 0.29) is 5.91 Å². The molecule has 1 heterocycles. The Morgan fingerprint density at radius 2 is 2.43 bits per heavy atom. The summed E-state index contributed by atoms with van der Waals surface area (Å²) in [4.78, 5) is 11.4. The predicted octanol–water partition coefficient (Wildman–Crippen LogP) is 1.26. The Bertz CT molecular complexity index is 309. The number of rotatable bonds is 4. The third-order valence-corrected chi connectivity index (χ3v) is 2.17. The van der Waals surface area contributed by atoms with Gasteiger partial charge in [-0.3, -0.25) is 9.48 Å². The maximum absolute atomic E-state index is 11.4. The first-order valence-electron chi connectivity index (χ1n) is 4.52. The van der Waals surface area contributed by atoms with Gasteiger partial charge in [0.05, 0.1) is 9.77 Å². The van der Waals surface area contributed by atoms with Crippen LogP contribution in [0.25, 0.3) is 0 Å². The Balaban J connectivity index is 2.34. The second-order valence-corrected chi connectivity index (χ2v) is 4.80. The van der Waals surface area contributed by atoms with Crippen LogP contribution in [0.1, 0.15) is 13.8 Å². The number of carbonyl (C=O) groups excluding carboxylic acids is 1. The molecule has 0 radical (unpaired) electrons. The zero-order valence-electron chi connectivity index (χ0n) is 8.33. The van der Waals surface area contributed by atoms with Crippen molar-refractivity contribution in [3.8, 4) is 0 Å². The number of hydrogen-bond acceptors (Lipinski definition) is 2. The van der Waals surface area contributed by atoms with Crippen LogP contribution in [0.3, 0.4) is 0 Å². The largest absolute Gasteiger partial charge is 0.354 e. The molecule has 1 aromatic rings. The van der Waals surface area contributed by atoms with Gasteiger partial charge in [-0.05, 0) is 28.5 Å². The van der Waals surface area contributed by atoms with Crippen molar-refractivity contribution in [2.75, 3.05) is 6.54 Å². The van der Waals surface area contributed by atoms with Crippen LogP contribution >= 0.6 is 22.6 Å². The summed E-state index contributed by atoms with van der Waals surface area (Å²) < 4.78 is 2.68. The number of aromatic nitrogens is 2. The molecule has 0 spiro atoms. The van der Waals surface area contributed by atoms with E-state index in [1.54, 1.807) is 10.9 Å². The van der Waals surface area contributed by atoms with Crippen LogP contribution in [-0.2, 0) is 11.3 Å². The fourth-order valence-corrected chi connectivity index (χ4v) is 1.39. The van der Waals surface area contributed by atoms with Crippen molar-refractivity contribution >= 4 is 28.5 Å². The average Bonchev–Trinajstić information content (AvgIpc) is 2.48. The first-order valence-corrected chi connectivity index (χ1v) is 5.60. The molecule has 1 amide bonds. The van der Waals surface area contributed by atoms with Gasteiger partial charge in [-0.15, -0.1) is 0 Å². The van der Waals surface area contributed by atoms with Crippen LogP contribution in [0.2, 0.25) is 0 Å². The molecule has 4 nitrogen and oxygen atoms in total. The van der Waals surface area contributed by atoms with E-state index >= 15 is 0 Å². The van der Waals surface area contributed by atoms with Gasteiger partial charge in [-0.1, -0.05) is 13.8 Å². The van der Waals surface area contributed by atoms with Crippen molar-refractivity contribution in [3.63, 3.8) is 0 Å². The number of carbonyl (C=O) groups is 1. The molecule has 0 aliphatic heterocycles. The van der Waals surface area contributed by atoms with Gasteiger partial charge in [0.15, 0.2) is 0 Å². The van der Waals surface area contributed by atoms with Crippen LogP contribution in [0, 0.1) is 9.49 Å². The molecule has 0 aliphatic rings. The van der Waals surface area contributed by atoms with Gasteiger partial charge in [-0.25, -0.2) is 0 Å². The van der Waals surface area contributed by atoms with E-state index < -0.39 is 0 Å². The highest BCUT2D eigenvalue weighted by atomic mass is 127. The van der Waals surface area contributed by atoms with Gasteiger partial charge < -0.3 is 5.32 Å².